The number of rotatable bonds is 7. The van der Waals surface area contributed by atoms with Gasteiger partial charge in [-0.1, -0.05) is 12.1 Å². The van der Waals surface area contributed by atoms with Gasteiger partial charge in [0.15, 0.2) is 16.9 Å². The molecule has 1 aliphatic heterocycles. The molecule has 3 aromatic rings. The summed E-state index contributed by atoms with van der Waals surface area (Å²) < 4.78 is 16.4. The molecule has 2 heterocycles. The number of amides is 1. The lowest BCUT2D eigenvalue weighted by Gasteiger charge is -2.19. The lowest BCUT2D eigenvalue weighted by atomic mass is 9.87. The molecule has 31 heavy (non-hydrogen) atoms. The number of benzene rings is 2. The normalized spacial score (nSPS) is 13.5. The number of carbonyl (C=O) groups excluding carboxylic acids is 1. The molecule has 1 aromatic heterocycles. The third kappa shape index (κ3) is 4.34. The first-order valence-electron chi connectivity index (χ1n) is 9.98. The van der Waals surface area contributed by atoms with Crippen LogP contribution in [0.25, 0.3) is 11.0 Å². The fourth-order valence-electron chi connectivity index (χ4n) is 3.62. The minimum atomic E-state index is -0.727. The third-order valence-corrected chi connectivity index (χ3v) is 5.25. The number of nitrogens with zero attached hydrogens (tertiary/aromatic N) is 1. The third-order valence-electron chi connectivity index (χ3n) is 5.25. The van der Waals surface area contributed by atoms with E-state index in [2.05, 4.69) is 5.32 Å². The number of carbonyl (C=O) groups is 1. The van der Waals surface area contributed by atoms with Gasteiger partial charge in [-0.3, -0.25) is 9.59 Å². The molecule has 0 spiro atoms. The monoisotopic (exact) mass is 424 g/mol. The van der Waals surface area contributed by atoms with E-state index >= 15 is 0 Å². The summed E-state index contributed by atoms with van der Waals surface area (Å²) in [4.78, 5) is 27.9. The van der Waals surface area contributed by atoms with Gasteiger partial charge < -0.3 is 29.2 Å². The molecular weight excluding hydrogens is 400 g/mol. The molecule has 0 saturated heterocycles. The van der Waals surface area contributed by atoms with E-state index in [9.17, 15) is 14.7 Å². The van der Waals surface area contributed by atoms with Gasteiger partial charge in [0.1, 0.15) is 11.3 Å². The van der Waals surface area contributed by atoms with Crippen LogP contribution in [-0.4, -0.2) is 49.9 Å². The van der Waals surface area contributed by atoms with E-state index in [1.807, 2.05) is 19.0 Å². The summed E-state index contributed by atoms with van der Waals surface area (Å²) in [5, 5.41) is 13.9. The highest BCUT2D eigenvalue weighted by molar-refractivity contribution is 5.80. The highest BCUT2D eigenvalue weighted by atomic mass is 16.7. The Balaban J connectivity index is 1.74. The minimum absolute atomic E-state index is 0.0380. The van der Waals surface area contributed by atoms with Crippen LogP contribution in [0, 0.1) is 0 Å². The summed E-state index contributed by atoms with van der Waals surface area (Å²) in [6.07, 6.45) is 1.33. The number of nitrogens with one attached hydrogen (secondary N) is 1. The number of aromatic hydroxyl groups is 1. The molecule has 2 N–H and O–H groups in total. The molecule has 0 bridgehead atoms. The van der Waals surface area contributed by atoms with Gasteiger partial charge in [-0.2, -0.15) is 0 Å². The van der Waals surface area contributed by atoms with Gasteiger partial charge in [0.25, 0.3) is 0 Å². The van der Waals surface area contributed by atoms with E-state index < -0.39 is 5.92 Å². The smallest absolute Gasteiger partial charge is 0.231 e. The first-order chi connectivity index (χ1) is 14.9. The Morgan fingerprint density at radius 3 is 2.68 bits per heavy atom. The van der Waals surface area contributed by atoms with Crippen LogP contribution < -0.4 is 20.2 Å². The zero-order valence-corrected chi connectivity index (χ0v) is 17.4. The van der Waals surface area contributed by atoms with Crippen molar-refractivity contribution in [2.75, 3.05) is 34.0 Å². The second-order valence-electron chi connectivity index (χ2n) is 7.69. The van der Waals surface area contributed by atoms with Gasteiger partial charge in [-0.25, -0.2) is 0 Å². The number of likely N-dealkylation sites (N-methyl/N-ethyl adjacent to an activating group) is 1. The molecule has 0 radical (unpaired) electrons. The maximum absolute atomic E-state index is 13.2. The lowest BCUT2D eigenvalue weighted by molar-refractivity contribution is -0.121. The molecule has 8 heteroatoms. The van der Waals surface area contributed by atoms with Gasteiger partial charge in [0.05, 0.1) is 11.6 Å². The Morgan fingerprint density at radius 1 is 1.16 bits per heavy atom. The molecule has 162 valence electrons. The van der Waals surface area contributed by atoms with Crippen LogP contribution in [0.5, 0.6) is 17.2 Å². The number of phenolic OH excluding ortho intramolecular Hbond substituents is 1. The SMILES string of the molecule is CN(C)CCNC(=O)C[C@@H](c1cc2c(cc1O)OCO2)c1coc2ccccc2c1=O. The number of fused-ring (bicyclic) bond motifs is 2. The first-order valence-corrected chi connectivity index (χ1v) is 9.98. The van der Waals surface area contributed by atoms with Crippen LogP contribution in [0.1, 0.15) is 23.5 Å². The second-order valence-corrected chi connectivity index (χ2v) is 7.69. The highest BCUT2D eigenvalue weighted by Crippen LogP contribution is 2.42. The largest absolute Gasteiger partial charge is 0.508 e. The molecule has 0 aliphatic carbocycles. The number of para-hydroxylation sites is 1. The van der Waals surface area contributed by atoms with Gasteiger partial charge >= 0.3 is 0 Å². The zero-order valence-electron chi connectivity index (χ0n) is 17.4. The molecule has 4 rings (SSSR count). The van der Waals surface area contributed by atoms with Crippen LogP contribution in [0.3, 0.4) is 0 Å². The molecule has 1 amide bonds. The summed E-state index contributed by atoms with van der Waals surface area (Å²) in [7, 11) is 3.83. The average Bonchev–Trinajstić information content (AvgIpc) is 3.19. The number of hydrogen-bond acceptors (Lipinski definition) is 7. The van der Waals surface area contributed by atoms with Gasteiger partial charge in [0, 0.05) is 42.6 Å². The standard InChI is InChI=1S/C23H24N2O6/c1-25(2)8-7-24-22(27)10-15(16-9-20-21(11-18(16)26)31-13-30-20)17-12-29-19-6-4-3-5-14(19)23(17)28/h3-6,9,11-12,15,26H,7-8,10,13H2,1-2H3,(H,24,27)/t15-/m0/s1. The quantitative estimate of drug-likeness (QED) is 0.601. The fourth-order valence-corrected chi connectivity index (χ4v) is 3.62. The van der Waals surface area contributed by atoms with E-state index in [-0.39, 0.29) is 35.9 Å². The van der Waals surface area contributed by atoms with Crippen molar-refractivity contribution < 1.29 is 23.8 Å². The average molecular weight is 424 g/mol. The molecule has 0 saturated carbocycles. The number of hydrogen-bond donors (Lipinski definition) is 2. The van der Waals surface area contributed by atoms with Gasteiger partial charge in [0.2, 0.25) is 12.7 Å². The van der Waals surface area contributed by atoms with E-state index in [4.69, 9.17) is 13.9 Å². The van der Waals surface area contributed by atoms with Crippen LogP contribution in [0.4, 0.5) is 0 Å². The predicted molar refractivity (Wildman–Crippen MR) is 115 cm³/mol. The zero-order chi connectivity index (χ0) is 22.0. The van der Waals surface area contributed by atoms with Crippen molar-refractivity contribution in [3.63, 3.8) is 0 Å². The summed E-state index contributed by atoms with van der Waals surface area (Å²) in [6, 6.07) is 9.98. The Labute approximate surface area is 179 Å². The highest BCUT2D eigenvalue weighted by Gasteiger charge is 2.28. The lowest BCUT2D eigenvalue weighted by Crippen LogP contribution is -2.32. The fraction of sp³-hybridized carbons (Fsp3) is 0.304. The van der Waals surface area contributed by atoms with E-state index in [1.54, 1.807) is 30.3 Å². The Kier molecular flexibility index (Phi) is 5.81. The van der Waals surface area contributed by atoms with Gasteiger partial charge in [-0.05, 0) is 32.3 Å². The van der Waals surface area contributed by atoms with E-state index in [0.29, 0.717) is 41.1 Å². The van der Waals surface area contributed by atoms with Crippen molar-refractivity contribution in [2.24, 2.45) is 0 Å². The molecule has 2 aromatic carbocycles. The number of phenols is 1. The summed E-state index contributed by atoms with van der Waals surface area (Å²) >= 11 is 0. The minimum Gasteiger partial charge on any atom is -0.508 e. The van der Waals surface area contributed by atoms with Crippen LogP contribution >= 0.6 is 0 Å². The van der Waals surface area contributed by atoms with E-state index in [1.165, 1.54) is 12.3 Å². The Bertz CT molecular complexity index is 1170. The van der Waals surface area contributed by atoms with Crippen LogP contribution in [-0.2, 0) is 4.79 Å². The second kappa shape index (κ2) is 8.69. The van der Waals surface area contributed by atoms with Crippen molar-refractivity contribution in [3.05, 3.63) is 64.0 Å². The van der Waals surface area contributed by atoms with Gasteiger partial charge in [-0.15, -0.1) is 0 Å². The molecule has 0 unspecified atom stereocenters. The maximum Gasteiger partial charge on any atom is 0.231 e. The first kappa shape index (κ1) is 20.7. The van der Waals surface area contributed by atoms with Crippen molar-refractivity contribution >= 4 is 16.9 Å². The Morgan fingerprint density at radius 2 is 1.90 bits per heavy atom. The summed E-state index contributed by atoms with van der Waals surface area (Å²) in [5.41, 5.74) is 0.899. The van der Waals surface area contributed by atoms with Crippen molar-refractivity contribution in [3.8, 4) is 17.2 Å². The summed E-state index contributed by atoms with van der Waals surface area (Å²) in [6.45, 7) is 1.20. The van der Waals surface area contributed by atoms with Crippen molar-refractivity contribution in [2.45, 2.75) is 12.3 Å². The molecule has 1 atom stereocenters. The van der Waals surface area contributed by atoms with Crippen molar-refractivity contribution in [1.82, 2.24) is 10.2 Å². The van der Waals surface area contributed by atoms with Crippen molar-refractivity contribution in [1.29, 1.82) is 0 Å². The van der Waals surface area contributed by atoms with E-state index in [0.717, 1.165) is 0 Å². The molecular formula is C23H24N2O6. The maximum atomic E-state index is 13.2. The molecule has 8 nitrogen and oxygen atoms in total. The Hall–Kier alpha value is -3.52. The topological polar surface area (TPSA) is 101 Å². The predicted octanol–water partition coefficient (Wildman–Crippen LogP) is 2.43. The molecule has 0 fully saturated rings. The van der Waals surface area contributed by atoms with Crippen LogP contribution in [0.15, 0.2) is 51.9 Å². The molecule has 1 aliphatic rings. The number of ether oxygens (including phenoxy) is 2. The van der Waals surface area contributed by atoms with Crippen LogP contribution in [0.2, 0.25) is 0 Å². The summed E-state index contributed by atoms with van der Waals surface area (Å²) in [5.74, 6) is -0.175.